The number of nitrogens with zero attached hydrogens (tertiary/aromatic N) is 2. The lowest BCUT2D eigenvalue weighted by Gasteiger charge is -2.12. The number of aryl methyl sites for hydroxylation is 1. The largest absolute Gasteiger partial charge is 0.465 e. The molecule has 7 nitrogen and oxygen atoms in total. The van der Waals surface area contributed by atoms with E-state index in [2.05, 4.69) is 4.98 Å². The lowest BCUT2D eigenvalue weighted by molar-refractivity contribution is -0.385. The molecule has 0 N–H and O–H groups in total. The number of halogens is 4. The van der Waals surface area contributed by atoms with Gasteiger partial charge in [0, 0.05) is 24.0 Å². The zero-order valence-electron chi connectivity index (χ0n) is 17.5. The summed E-state index contributed by atoms with van der Waals surface area (Å²) in [6, 6.07) is 9.90. The number of carbonyl (C=O) groups is 1. The molecule has 0 saturated heterocycles. The van der Waals surface area contributed by atoms with Crippen LogP contribution in [0, 0.1) is 10.1 Å². The van der Waals surface area contributed by atoms with Gasteiger partial charge in [-0.2, -0.15) is 13.2 Å². The van der Waals surface area contributed by atoms with Crippen LogP contribution in [0.3, 0.4) is 0 Å². The zero-order valence-corrected chi connectivity index (χ0v) is 18.3. The van der Waals surface area contributed by atoms with Crippen molar-refractivity contribution in [1.29, 1.82) is 0 Å². The number of ether oxygens (including phenoxy) is 2. The van der Waals surface area contributed by atoms with E-state index in [1.165, 1.54) is 12.1 Å². The Kier molecular flexibility index (Phi) is 8.06. The summed E-state index contributed by atoms with van der Waals surface area (Å²) in [5.41, 5.74) is -0.248. The summed E-state index contributed by atoms with van der Waals surface area (Å²) in [5, 5.41) is 11.1. The number of pyridine rings is 1. The van der Waals surface area contributed by atoms with Crippen molar-refractivity contribution in [3.8, 4) is 11.5 Å². The predicted octanol–water partition coefficient (Wildman–Crippen LogP) is 6.17. The molecule has 0 saturated carbocycles. The third kappa shape index (κ3) is 6.92. The van der Waals surface area contributed by atoms with Crippen molar-refractivity contribution in [3.05, 3.63) is 92.8 Å². The Morgan fingerprint density at radius 2 is 1.94 bits per heavy atom. The van der Waals surface area contributed by atoms with Gasteiger partial charge in [-0.1, -0.05) is 17.7 Å². The minimum absolute atomic E-state index is 0.0304. The molecule has 0 aliphatic heterocycles. The second kappa shape index (κ2) is 11.0. The average molecular weight is 495 g/mol. The van der Waals surface area contributed by atoms with Gasteiger partial charge in [0.15, 0.2) is 0 Å². The molecular weight excluding hydrogens is 477 g/mol. The van der Waals surface area contributed by atoms with Gasteiger partial charge in [-0.15, -0.1) is 0 Å². The molecule has 0 aliphatic carbocycles. The van der Waals surface area contributed by atoms with Gasteiger partial charge >= 0.3 is 12.1 Å². The first-order valence-electron chi connectivity index (χ1n) is 10.00. The maximum absolute atomic E-state index is 12.8. The van der Waals surface area contributed by atoms with Crippen LogP contribution >= 0.6 is 11.6 Å². The van der Waals surface area contributed by atoms with E-state index in [9.17, 15) is 28.1 Å². The van der Waals surface area contributed by atoms with E-state index in [0.717, 1.165) is 23.8 Å². The van der Waals surface area contributed by atoms with E-state index in [-0.39, 0.29) is 40.8 Å². The Balaban J connectivity index is 1.66. The highest BCUT2D eigenvalue weighted by Gasteiger charge is 2.31. The third-order valence-electron chi connectivity index (χ3n) is 4.67. The molecule has 1 heterocycles. The Hall–Kier alpha value is -3.66. The van der Waals surface area contributed by atoms with Crippen LogP contribution in [0.5, 0.6) is 11.5 Å². The molecule has 34 heavy (non-hydrogen) atoms. The maximum Gasteiger partial charge on any atom is 0.416 e. The average Bonchev–Trinajstić information content (AvgIpc) is 2.78. The van der Waals surface area contributed by atoms with Gasteiger partial charge in [0.25, 0.3) is 5.69 Å². The van der Waals surface area contributed by atoms with E-state index >= 15 is 0 Å². The van der Waals surface area contributed by atoms with E-state index in [4.69, 9.17) is 21.1 Å². The van der Waals surface area contributed by atoms with Crippen LogP contribution in [0.4, 0.5) is 18.9 Å². The number of aromatic nitrogens is 1. The number of hydrogen-bond donors (Lipinski definition) is 0. The first kappa shape index (κ1) is 25.0. The normalized spacial score (nSPS) is 11.2. The van der Waals surface area contributed by atoms with Crippen molar-refractivity contribution < 1.29 is 32.4 Å². The summed E-state index contributed by atoms with van der Waals surface area (Å²) in [5.74, 6) is -0.682. The van der Waals surface area contributed by atoms with Gasteiger partial charge in [-0.3, -0.25) is 19.9 Å². The lowest BCUT2D eigenvalue weighted by atomic mass is 10.1. The summed E-state index contributed by atoms with van der Waals surface area (Å²) in [6.07, 6.45) is -0.394. The quantitative estimate of drug-likeness (QED) is 0.153. The van der Waals surface area contributed by atoms with Crippen LogP contribution < -0.4 is 4.74 Å². The highest BCUT2D eigenvalue weighted by atomic mass is 35.5. The van der Waals surface area contributed by atoms with Gasteiger partial charge in [-0.05, 0) is 54.8 Å². The standard InChI is InChI=1S/C23H18ClF3N2O5/c24-19-13-17(23(25,26)27)5-8-21(19)34-18-6-7-20(29(31)32)16(11-18)12-22(30)33-10-2-4-15-3-1-9-28-14-15/h1,3,5-9,11,13-14H,2,4,10,12H2. The molecule has 0 atom stereocenters. The number of alkyl halides is 3. The molecule has 0 amide bonds. The minimum Gasteiger partial charge on any atom is -0.465 e. The number of nitro groups is 1. The summed E-state index contributed by atoms with van der Waals surface area (Å²) >= 11 is 5.90. The van der Waals surface area contributed by atoms with Gasteiger partial charge in [0.2, 0.25) is 0 Å². The highest BCUT2D eigenvalue weighted by Crippen LogP contribution is 2.37. The van der Waals surface area contributed by atoms with Crippen LogP contribution in [0.2, 0.25) is 5.02 Å². The molecule has 0 unspecified atom stereocenters. The molecule has 0 aliphatic rings. The smallest absolute Gasteiger partial charge is 0.416 e. The summed E-state index contributed by atoms with van der Waals surface area (Å²) in [6.45, 7) is 0.124. The molecule has 0 spiro atoms. The van der Waals surface area contributed by atoms with Gasteiger partial charge in [0.05, 0.1) is 28.5 Å². The van der Waals surface area contributed by atoms with Gasteiger partial charge in [0.1, 0.15) is 11.5 Å². The van der Waals surface area contributed by atoms with Crippen molar-refractivity contribution in [3.63, 3.8) is 0 Å². The first-order chi connectivity index (χ1) is 16.1. The van der Waals surface area contributed by atoms with Gasteiger partial charge in [-0.25, -0.2) is 0 Å². The van der Waals surface area contributed by atoms with Gasteiger partial charge < -0.3 is 9.47 Å². The lowest BCUT2D eigenvalue weighted by Crippen LogP contribution is -2.11. The van der Waals surface area contributed by atoms with Crippen molar-refractivity contribution in [2.24, 2.45) is 0 Å². The molecule has 3 rings (SSSR count). The summed E-state index contributed by atoms with van der Waals surface area (Å²) in [4.78, 5) is 26.9. The van der Waals surface area contributed by atoms with Crippen molar-refractivity contribution in [2.45, 2.75) is 25.4 Å². The molecule has 178 valence electrons. The second-order valence-corrected chi connectivity index (χ2v) is 7.56. The zero-order chi connectivity index (χ0) is 24.7. The molecule has 3 aromatic rings. The van der Waals surface area contributed by atoms with Crippen molar-refractivity contribution >= 4 is 23.3 Å². The molecular formula is C23H18ClF3N2O5. The summed E-state index contributed by atoms with van der Waals surface area (Å²) < 4.78 is 49.1. The van der Waals surface area contributed by atoms with Crippen LogP contribution in [-0.2, 0) is 28.5 Å². The molecule has 1 aromatic heterocycles. The fourth-order valence-corrected chi connectivity index (χ4v) is 3.27. The highest BCUT2D eigenvalue weighted by molar-refractivity contribution is 6.32. The Morgan fingerprint density at radius 1 is 1.15 bits per heavy atom. The van der Waals surface area contributed by atoms with E-state index in [1.54, 1.807) is 18.5 Å². The number of hydrogen-bond acceptors (Lipinski definition) is 6. The van der Waals surface area contributed by atoms with Crippen LogP contribution in [0.1, 0.15) is 23.1 Å². The first-order valence-corrected chi connectivity index (χ1v) is 10.4. The fourth-order valence-electron chi connectivity index (χ4n) is 3.05. The number of benzene rings is 2. The van der Waals surface area contributed by atoms with E-state index < -0.39 is 22.6 Å². The van der Waals surface area contributed by atoms with Crippen molar-refractivity contribution in [2.75, 3.05) is 6.61 Å². The number of esters is 1. The number of carbonyl (C=O) groups excluding carboxylic acids is 1. The molecule has 2 aromatic carbocycles. The van der Waals surface area contributed by atoms with E-state index in [0.29, 0.717) is 18.9 Å². The Bertz CT molecular complexity index is 1170. The summed E-state index contributed by atoms with van der Waals surface area (Å²) in [7, 11) is 0. The Labute approximate surface area is 197 Å². The maximum atomic E-state index is 12.8. The molecule has 0 bridgehead atoms. The molecule has 11 heteroatoms. The molecule has 0 fully saturated rings. The third-order valence-corrected chi connectivity index (χ3v) is 4.96. The van der Waals surface area contributed by atoms with Crippen LogP contribution in [-0.4, -0.2) is 22.5 Å². The van der Waals surface area contributed by atoms with Crippen LogP contribution in [0.15, 0.2) is 60.9 Å². The predicted molar refractivity (Wildman–Crippen MR) is 117 cm³/mol. The second-order valence-electron chi connectivity index (χ2n) is 7.15. The SMILES string of the molecule is O=C(Cc1cc(Oc2ccc(C(F)(F)F)cc2Cl)ccc1[N+](=O)[O-])OCCCc1cccnc1. The molecule has 0 radical (unpaired) electrons. The monoisotopic (exact) mass is 494 g/mol. The van der Waals surface area contributed by atoms with Crippen LogP contribution in [0.25, 0.3) is 0 Å². The topological polar surface area (TPSA) is 91.6 Å². The Morgan fingerprint density at radius 3 is 2.59 bits per heavy atom. The minimum atomic E-state index is -4.57. The number of rotatable bonds is 9. The van der Waals surface area contributed by atoms with E-state index in [1.807, 2.05) is 6.07 Å². The number of nitro benzene ring substituents is 1. The van der Waals surface area contributed by atoms with Crippen molar-refractivity contribution in [1.82, 2.24) is 4.98 Å². The fraction of sp³-hybridized carbons (Fsp3) is 0.217.